The summed E-state index contributed by atoms with van der Waals surface area (Å²) in [5, 5.41) is 7.82. The van der Waals surface area contributed by atoms with Crippen molar-refractivity contribution >= 4 is 23.5 Å². The van der Waals surface area contributed by atoms with Gasteiger partial charge in [0.05, 0.1) is 17.9 Å². The molecule has 0 saturated carbocycles. The normalized spacial score (nSPS) is 10.7. The van der Waals surface area contributed by atoms with Gasteiger partial charge in [0.15, 0.2) is 29.8 Å². The molecule has 1 aromatic heterocycles. The fourth-order valence-electron chi connectivity index (χ4n) is 2.28. The van der Waals surface area contributed by atoms with E-state index in [1.54, 1.807) is 20.8 Å². The van der Waals surface area contributed by atoms with Crippen LogP contribution in [0.4, 0.5) is 18.9 Å². The number of rotatable bonds is 7. The molecule has 2 aromatic rings. The van der Waals surface area contributed by atoms with Crippen LogP contribution in [0.2, 0.25) is 0 Å². The average Bonchev–Trinajstić information content (AvgIpc) is 3.06. The maximum Gasteiger partial charge on any atom is 0.344 e. The Morgan fingerprint density at radius 2 is 1.83 bits per heavy atom. The molecule has 8 nitrogen and oxygen atoms in total. The van der Waals surface area contributed by atoms with E-state index in [0.29, 0.717) is 17.5 Å². The molecule has 0 unspecified atom stereocenters. The lowest BCUT2D eigenvalue weighted by Gasteiger charge is -2.09. The SMILES string of the molecule is Cc1noc(C(C)C)c1C(=O)OCC(=O)NCC(=O)Nc1ccc(F)c(F)c1F. The van der Waals surface area contributed by atoms with Crippen LogP contribution in [0, 0.1) is 24.4 Å². The van der Waals surface area contributed by atoms with Crippen LogP contribution < -0.4 is 10.6 Å². The summed E-state index contributed by atoms with van der Waals surface area (Å²) in [6, 6.07) is 1.48. The predicted octanol–water partition coefficient (Wildman–Crippen LogP) is 2.44. The summed E-state index contributed by atoms with van der Waals surface area (Å²) in [5.74, 6) is -7.03. The van der Waals surface area contributed by atoms with Crippen LogP contribution >= 0.6 is 0 Å². The van der Waals surface area contributed by atoms with Gasteiger partial charge in [-0.1, -0.05) is 19.0 Å². The lowest BCUT2D eigenvalue weighted by molar-refractivity contribution is -0.126. The van der Waals surface area contributed by atoms with E-state index in [1.807, 2.05) is 5.32 Å². The molecule has 1 heterocycles. The van der Waals surface area contributed by atoms with Crippen molar-refractivity contribution in [2.24, 2.45) is 0 Å². The number of carbonyl (C=O) groups is 3. The molecular formula is C18H18F3N3O5. The fourth-order valence-corrected chi connectivity index (χ4v) is 2.28. The molecule has 2 amide bonds. The zero-order valence-electron chi connectivity index (χ0n) is 15.8. The molecule has 0 aliphatic heterocycles. The Balaban J connectivity index is 1.84. The number of aromatic nitrogens is 1. The molecule has 0 saturated heterocycles. The molecular weight excluding hydrogens is 395 g/mol. The lowest BCUT2D eigenvalue weighted by atomic mass is 10.1. The van der Waals surface area contributed by atoms with E-state index < -0.39 is 54.1 Å². The van der Waals surface area contributed by atoms with Crippen molar-refractivity contribution in [3.63, 3.8) is 0 Å². The van der Waals surface area contributed by atoms with Crippen molar-refractivity contribution in [2.75, 3.05) is 18.5 Å². The minimum atomic E-state index is -1.73. The summed E-state index contributed by atoms with van der Waals surface area (Å²) < 4.78 is 49.4. The molecule has 0 aliphatic rings. The van der Waals surface area contributed by atoms with Gasteiger partial charge >= 0.3 is 5.97 Å². The number of carbonyl (C=O) groups excluding carboxylic acids is 3. The molecule has 2 rings (SSSR count). The van der Waals surface area contributed by atoms with E-state index in [-0.39, 0.29) is 11.5 Å². The van der Waals surface area contributed by atoms with Crippen LogP contribution in [0.5, 0.6) is 0 Å². The smallest absolute Gasteiger partial charge is 0.344 e. The van der Waals surface area contributed by atoms with Crippen LogP contribution in [0.1, 0.15) is 41.6 Å². The third-order valence-corrected chi connectivity index (χ3v) is 3.71. The number of benzene rings is 1. The van der Waals surface area contributed by atoms with Crippen molar-refractivity contribution in [1.82, 2.24) is 10.5 Å². The number of anilines is 1. The van der Waals surface area contributed by atoms with Gasteiger partial charge in [0.2, 0.25) is 5.91 Å². The van der Waals surface area contributed by atoms with Gasteiger partial charge in [0, 0.05) is 5.92 Å². The number of amides is 2. The van der Waals surface area contributed by atoms with Crippen molar-refractivity contribution in [3.05, 3.63) is 46.6 Å². The van der Waals surface area contributed by atoms with E-state index in [0.717, 1.165) is 6.07 Å². The standard InChI is InChI=1S/C18H18F3N3O5/c1-8(2)17-14(9(3)24-29-17)18(27)28-7-13(26)22-6-12(25)23-11-5-4-10(19)15(20)16(11)21/h4-5,8H,6-7H2,1-3H3,(H,22,26)(H,23,25). The third kappa shape index (κ3) is 5.33. The Labute approximate surface area is 163 Å². The van der Waals surface area contributed by atoms with Crippen LogP contribution in [0.15, 0.2) is 16.7 Å². The van der Waals surface area contributed by atoms with Gasteiger partial charge in [-0.2, -0.15) is 0 Å². The number of nitrogens with zero attached hydrogens (tertiary/aromatic N) is 1. The van der Waals surface area contributed by atoms with E-state index in [4.69, 9.17) is 9.26 Å². The predicted molar refractivity (Wildman–Crippen MR) is 93.6 cm³/mol. The number of hydrogen-bond acceptors (Lipinski definition) is 6. The molecule has 0 aliphatic carbocycles. The Bertz CT molecular complexity index is 943. The first-order chi connectivity index (χ1) is 13.6. The summed E-state index contributed by atoms with van der Waals surface area (Å²) in [7, 11) is 0. The van der Waals surface area contributed by atoms with E-state index in [9.17, 15) is 27.6 Å². The second kappa shape index (κ2) is 9.22. The van der Waals surface area contributed by atoms with Crippen LogP contribution in [0.3, 0.4) is 0 Å². The largest absolute Gasteiger partial charge is 0.452 e. The average molecular weight is 413 g/mol. The van der Waals surface area contributed by atoms with Crippen molar-refractivity contribution in [1.29, 1.82) is 0 Å². The highest BCUT2D eigenvalue weighted by Crippen LogP contribution is 2.23. The Morgan fingerprint density at radius 1 is 1.14 bits per heavy atom. The van der Waals surface area contributed by atoms with Gasteiger partial charge in [-0.05, 0) is 19.1 Å². The zero-order chi connectivity index (χ0) is 21.7. The van der Waals surface area contributed by atoms with Crippen LogP contribution in [0.25, 0.3) is 0 Å². The van der Waals surface area contributed by atoms with Gasteiger partial charge in [-0.3, -0.25) is 9.59 Å². The lowest BCUT2D eigenvalue weighted by Crippen LogP contribution is -2.35. The van der Waals surface area contributed by atoms with E-state index in [2.05, 4.69) is 10.5 Å². The fraction of sp³-hybridized carbons (Fsp3) is 0.333. The first kappa shape index (κ1) is 21.9. The topological polar surface area (TPSA) is 111 Å². The highest BCUT2D eigenvalue weighted by molar-refractivity contribution is 5.96. The summed E-state index contributed by atoms with van der Waals surface area (Å²) in [6.45, 7) is 3.83. The van der Waals surface area contributed by atoms with E-state index >= 15 is 0 Å². The van der Waals surface area contributed by atoms with E-state index in [1.165, 1.54) is 0 Å². The van der Waals surface area contributed by atoms with Gasteiger partial charge in [0.1, 0.15) is 5.56 Å². The van der Waals surface area contributed by atoms with Crippen molar-refractivity contribution < 1.29 is 36.8 Å². The molecule has 11 heteroatoms. The van der Waals surface area contributed by atoms with Gasteiger partial charge < -0.3 is 19.9 Å². The molecule has 2 N–H and O–H groups in total. The highest BCUT2D eigenvalue weighted by Gasteiger charge is 2.24. The molecule has 156 valence electrons. The molecule has 0 radical (unpaired) electrons. The first-order valence-electron chi connectivity index (χ1n) is 8.45. The minimum absolute atomic E-state index is 0.124. The highest BCUT2D eigenvalue weighted by atomic mass is 19.2. The first-order valence-corrected chi connectivity index (χ1v) is 8.45. The Hall–Kier alpha value is -3.37. The maximum atomic E-state index is 13.5. The zero-order valence-corrected chi connectivity index (χ0v) is 15.8. The number of ether oxygens (including phenoxy) is 1. The number of halogens is 3. The quantitative estimate of drug-likeness (QED) is 0.533. The monoisotopic (exact) mass is 413 g/mol. The Kier molecular flexibility index (Phi) is 6.97. The summed E-state index contributed by atoms with van der Waals surface area (Å²) in [4.78, 5) is 35.6. The van der Waals surface area contributed by atoms with Crippen molar-refractivity contribution in [2.45, 2.75) is 26.7 Å². The number of esters is 1. The molecule has 1 aromatic carbocycles. The molecule has 0 spiro atoms. The molecule has 0 fully saturated rings. The van der Waals surface area contributed by atoms with Gasteiger partial charge in [-0.25, -0.2) is 18.0 Å². The van der Waals surface area contributed by atoms with Gasteiger partial charge in [0.25, 0.3) is 5.91 Å². The second-order valence-electron chi connectivity index (χ2n) is 6.29. The van der Waals surface area contributed by atoms with Crippen LogP contribution in [-0.4, -0.2) is 36.1 Å². The number of hydrogen-bond donors (Lipinski definition) is 2. The number of nitrogens with one attached hydrogen (secondary N) is 2. The third-order valence-electron chi connectivity index (χ3n) is 3.71. The van der Waals surface area contributed by atoms with Crippen LogP contribution in [-0.2, 0) is 14.3 Å². The summed E-state index contributed by atoms with van der Waals surface area (Å²) in [5.41, 5.74) is -0.148. The van der Waals surface area contributed by atoms with Gasteiger partial charge in [-0.15, -0.1) is 0 Å². The Morgan fingerprint density at radius 3 is 2.48 bits per heavy atom. The summed E-state index contributed by atoms with van der Waals surface area (Å²) >= 11 is 0. The second-order valence-corrected chi connectivity index (χ2v) is 6.29. The maximum absolute atomic E-state index is 13.5. The molecule has 0 bridgehead atoms. The molecule has 29 heavy (non-hydrogen) atoms. The summed E-state index contributed by atoms with van der Waals surface area (Å²) in [6.07, 6.45) is 0. The minimum Gasteiger partial charge on any atom is -0.452 e. The van der Waals surface area contributed by atoms with Crippen molar-refractivity contribution in [3.8, 4) is 0 Å². The number of aryl methyl sites for hydroxylation is 1. The molecule has 0 atom stereocenters.